The van der Waals surface area contributed by atoms with Gasteiger partial charge >= 0.3 is 0 Å². The minimum Gasteiger partial charge on any atom is -0.332 e. The molecule has 3 rings (SSSR count). The molecule has 1 unspecified atom stereocenters. The molecule has 1 saturated heterocycles. The van der Waals surface area contributed by atoms with E-state index >= 15 is 0 Å². The van der Waals surface area contributed by atoms with E-state index in [0.29, 0.717) is 5.15 Å². The van der Waals surface area contributed by atoms with Crippen LogP contribution in [0.5, 0.6) is 0 Å². The highest BCUT2D eigenvalue weighted by atomic mass is 35.5. The number of aryl methyl sites for hydroxylation is 1. The first-order valence-corrected chi connectivity index (χ1v) is 7.53. The number of hydrogen-bond acceptors (Lipinski definition) is 2. The minimum atomic E-state index is 0.0902. The van der Waals surface area contributed by atoms with E-state index in [2.05, 4.69) is 4.98 Å². The fourth-order valence-electron chi connectivity index (χ4n) is 2.97. The maximum absolute atomic E-state index is 12.7. The Bertz CT molecular complexity index is 657. The second kappa shape index (κ2) is 5.86. The Labute approximate surface area is 129 Å². The Morgan fingerprint density at radius 1 is 1.24 bits per heavy atom. The number of pyridine rings is 1. The second-order valence-electron chi connectivity index (χ2n) is 5.33. The molecule has 0 aliphatic carbocycles. The highest BCUT2D eigenvalue weighted by molar-refractivity contribution is 6.29. The van der Waals surface area contributed by atoms with Crippen LogP contribution in [0.2, 0.25) is 5.15 Å². The molecule has 0 saturated carbocycles. The van der Waals surface area contributed by atoms with Crippen molar-refractivity contribution in [1.82, 2.24) is 9.88 Å². The molecule has 1 atom stereocenters. The molecule has 0 bridgehead atoms. The SMILES string of the molecule is Cc1nc(Cl)ccc1C1CCCN1C(=O)c1ccccc1. The second-order valence-corrected chi connectivity index (χ2v) is 5.72. The van der Waals surface area contributed by atoms with E-state index in [1.807, 2.05) is 48.2 Å². The fraction of sp³-hybridized carbons (Fsp3) is 0.294. The predicted octanol–water partition coefficient (Wildman–Crippen LogP) is 4.02. The molecule has 1 amide bonds. The molecule has 108 valence electrons. The normalized spacial score (nSPS) is 18.0. The summed E-state index contributed by atoms with van der Waals surface area (Å²) < 4.78 is 0. The van der Waals surface area contributed by atoms with Crippen molar-refractivity contribution >= 4 is 17.5 Å². The summed E-state index contributed by atoms with van der Waals surface area (Å²) in [6, 6.07) is 13.3. The molecular weight excluding hydrogens is 284 g/mol. The van der Waals surface area contributed by atoms with Gasteiger partial charge < -0.3 is 4.90 Å². The summed E-state index contributed by atoms with van der Waals surface area (Å²) in [5, 5.41) is 0.496. The largest absolute Gasteiger partial charge is 0.332 e. The van der Waals surface area contributed by atoms with Crippen LogP contribution in [0.15, 0.2) is 42.5 Å². The summed E-state index contributed by atoms with van der Waals surface area (Å²) in [7, 11) is 0. The lowest BCUT2D eigenvalue weighted by atomic mass is 10.0. The first-order chi connectivity index (χ1) is 10.2. The molecule has 4 heteroatoms. The van der Waals surface area contributed by atoms with Gasteiger partial charge in [0.1, 0.15) is 5.15 Å². The first-order valence-electron chi connectivity index (χ1n) is 7.16. The van der Waals surface area contributed by atoms with E-state index in [1.54, 1.807) is 6.07 Å². The van der Waals surface area contributed by atoms with Crippen LogP contribution in [0.4, 0.5) is 0 Å². The summed E-state index contributed by atoms with van der Waals surface area (Å²) in [6.07, 6.45) is 1.99. The van der Waals surface area contributed by atoms with Crippen LogP contribution in [0, 0.1) is 6.92 Å². The Morgan fingerprint density at radius 3 is 2.71 bits per heavy atom. The molecule has 2 heterocycles. The summed E-state index contributed by atoms with van der Waals surface area (Å²) in [4.78, 5) is 19.0. The van der Waals surface area contributed by atoms with Crippen LogP contribution in [0.3, 0.4) is 0 Å². The highest BCUT2D eigenvalue weighted by Crippen LogP contribution is 2.34. The summed E-state index contributed by atoms with van der Waals surface area (Å²) in [6.45, 7) is 2.74. The van der Waals surface area contributed by atoms with Crippen molar-refractivity contribution in [1.29, 1.82) is 0 Å². The number of aromatic nitrogens is 1. The molecule has 1 aromatic carbocycles. The van der Waals surface area contributed by atoms with Crippen LogP contribution in [0.25, 0.3) is 0 Å². The van der Waals surface area contributed by atoms with Gasteiger partial charge in [-0.05, 0) is 43.5 Å². The van der Waals surface area contributed by atoms with E-state index < -0.39 is 0 Å². The van der Waals surface area contributed by atoms with Crippen LogP contribution in [-0.4, -0.2) is 22.3 Å². The lowest BCUT2D eigenvalue weighted by Gasteiger charge is -2.26. The van der Waals surface area contributed by atoms with Crippen LogP contribution in [-0.2, 0) is 0 Å². The van der Waals surface area contributed by atoms with Gasteiger partial charge in [-0.3, -0.25) is 4.79 Å². The molecule has 0 spiro atoms. The van der Waals surface area contributed by atoms with Gasteiger partial charge in [0.25, 0.3) is 5.91 Å². The molecule has 0 N–H and O–H groups in total. The number of nitrogens with zero attached hydrogens (tertiary/aromatic N) is 2. The highest BCUT2D eigenvalue weighted by Gasteiger charge is 2.31. The van der Waals surface area contributed by atoms with Gasteiger partial charge in [-0.15, -0.1) is 0 Å². The predicted molar refractivity (Wildman–Crippen MR) is 83.4 cm³/mol. The van der Waals surface area contributed by atoms with Crippen LogP contribution < -0.4 is 0 Å². The van der Waals surface area contributed by atoms with E-state index in [0.717, 1.165) is 36.2 Å². The maximum atomic E-state index is 12.7. The first kappa shape index (κ1) is 14.1. The van der Waals surface area contributed by atoms with E-state index in [9.17, 15) is 4.79 Å². The standard InChI is InChI=1S/C17H17ClN2O/c1-12-14(9-10-16(18)19-12)15-8-5-11-20(15)17(21)13-6-3-2-4-7-13/h2-4,6-7,9-10,15H,5,8,11H2,1H3. The lowest BCUT2D eigenvalue weighted by Crippen LogP contribution is -2.31. The molecule has 21 heavy (non-hydrogen) atoms. The van der Waals surface area contributed by atoms with Gasteiger partial charge in [0.05, 0.1) is 6.04 Å². The van der Waals surface area contributed by atoms with E-state index in [-0.39, 0.29) is 11.9 Å². The number of halogens is 1. The van der Waals surface area contributed by atoms with Crippen LogP contribution in [0.1, 0.15) is 40.5 Å². The maximum Gasteiger partial charge on any atom is 0.254 e. The smallest absolute Gasteiger partial charge is 0.254 e. The minimum absolute atomic E-state index is 0.0902. The summed E-state index contributed by atoms with van der Waals surface area (Å²) >= 11 is 5.93. The molecule has 1 aliphatic rings. The zero-order chi connectivity index (χ0) is 14.8. The summed E-state index contributed by atoms with van der Waals surface area (Å²) in [5.41, 5.74) is 2.74. The summed E-state index contributed by atoms with van der Waals surface area (Å²) in [5.74, 6) is 0.0902. The number of benzene rings is 1. The Kier molecular flexibility index (Phi) is 3.93. The number of hydrogen-bond donors (Lipinski definition) is 0. The monoisotopic (exact) mass is 300 g/mol. The quantitative estimate of drug-likeness (QED) is 0.785. The zero-order valence-corrected chi connectivity index (χ0v) is 12.7. The molecule has 3 nitrogen and oxygen atoms in total. The van der Waals surface area contributed by atoms with Gasteiger partial charge in [-0.25, -0.2) is 4.98 Å². The Morgan fingerprint density at radius 2 is 2.00 bits per heavy atom. The van der Waals surface area contributed by atoms with Crippen LogP contribution >= 0.6 is 11.6 Å². The topological polar surface area (TPSA) is 33.2 Å². The number of likely N-dealkylation sites (tertiary alicyclic amines) is 1. The number of carbonyl (C=O) groups excluding carboxylic acids is 1. The number of amides is 1. The molecule has 2 aromatic rings. The van der Waals surface area contributed by atoms with Crippen molar-refractivity contribution in [3.05, 3.63) is 64.4 Å². The third-order valence-corrected chi connectivity index (χ3v) is 4.20. The van der Waals surface area contributed by atoms with Gasteiger partial charge in [0.15, 0.2) is 0 Å². The fourth-order valence-corrected chi connectivity index (χ4v) is 3.16. The average molecular weight is 301 g/mol. The van der Waals surface area contributed by atoms with Gasteiger partial charge in [-0.1, -0.05) is 35.9 Å². The van der Waals surface area contributed by atoms with Crippen molar-refractivity contribution < 1.29 is 4.79 Å². The molecular formula is C17H17ClN2O. The van der Waals surface area contributed by atoms with Crippen molar-refractivity contribution in [2.75, 3.05) is 6.54 Å². The van der Waals surface area contributed by atoms with E-state index in [4.69, 9.17) is 11.6 Å². The Hall–Kier alpha value is -1.87. The number of carbonyl (C=O) groups is 1. The van der Waals surface area contributed by atoms with Crippen molar-refractivity contribution in [2.45, 2.75) is 25.8 Å². The average Bonchev–Trinajstić information content (AvgIpc) is 2.96. The molecule has 1 fully saturated rings. The van der Waals surface area contributed by atoms with Gasteiger partial charge in [0.2, 0.25) is 0 Å². The Balaban J connectivity index is 1.91. The van der Waals surface area contributed by atoms with Gasteiger partial charge in [0, 0.05) is 17.8 Å². The van der Waals surface area contributed by atoms with Crippen molar-refractivity contribution in [3.63, 3.8) is 0 Å². The van der Waals surface area contributed by atoms with E-state index in [1.165, 1.54) is 0 Å². The number of rotatable bonds is 2. The molecule has 0 radical (unpaired) electrons. The molecule has 1 aliphatic heterocycles. The lowest BCUT2D eigenvalue weighted by molar-refractivity contribution is 0.0735. The third kappa shape index (κ3) is 2.79. The molecule has 1 aromatic heterocycles. The van der Waals surface area contributed by atoms with Crippen molar-refractivity contribution in [2.24, 2.45) is 0 Å². The third-order valence-electron chi connectivity index (χ3n) is 3.99. The zero-order valence-electron chi connectivity index (χ0n) is 11.9. The van der Waals surface area contributed by atoms with Crippen molar-refractivity contribution in [3.8, 4) is 0 Å². The van der Waals surface area contributed by atoms with Gasteiger partial charge in [-0.2, -0.15) is 0 Å².